The zero-order valence-corrected chi connectivity index (χ0v) is 12.8. The number of halogens is 3. The third kappa shape index (κ3) is 6.74. The van der Waals surface area contributed by atoms with Crippen molar-refractivity contribution in [2.75, 3.05) is 32.7 Å². The molecule has 0 heterocycles. The van der Waals surface area contributed by atoms with Gasteiger partial charge in [-0.2, -0.15) is 13.2 Å². The molecule has 9 heteroatoms. The third-order valence-electron chi connectivity index (χ3n) is 2.85. The Morgan fingerprint density at radius 2 is 2.00 bits per heavy atom. The monoisotopic (exact) mass is 336 g/mol. The van der Waals surface area contributed by atoms with Crippen LogP contribution in [0.25, 0.3) is 0 Å². The molecule has 0 aliphatic heterocycles. The van der Waals surface area contributed by atoms with Crippen LogP contribution in [-0.2, 0) is 9.53 Å². The van der Waals surface area contributed by atoms with E-state index in [0.717, 1.165) is 0 Å². The van der Waals surface area contributed by atoms with Gasteiger partial charge in [0.15, 0.2) is 18.1 Å². The van der Waals surface area contributed by atoms with Crippen molar-refractivity contribution in [1.82, 2.24) is 0 Å². The van der Waals surface area contributed by atoms with Gasteiger partial charge in [-0.3, -0.25) is 4.79 Å². The number of hydrogen-bond donors (Lipinski definition) is 2. The quantitative estimate of drug-likeness (QED) is 0.758. The van der Waals surface area contributed by atoms with E-state index in [1.54, 1.807) is 0 Å². The number of carbonyl (C=O) groups excluding carboxylic acids is 1. The normalized spacial score (nSPS) is 12.6. The lowest BCUT2D eigenvalue weighted by Gasteiger charge is -2.15. The van der Waals surface area contributed by atoms with E-state index in [0.29, 0.717) is 0 Å². The Balaban J connectivity index is 2.78. The van der Waals surface area contributed by atoms with Crippen molar-refractivity contribution in [3.05, 3.63) is 18.2 Å². The van der Waals surface area contributed by atoms with Gasteiger partial charge in [0.05, 0.1) is 19.6 Å². The maximum atomic E-state index is 12.2. The number of nitrogens with two attached hydrogens (primary N) is 1. The molecule has 1 aromatic rings. The van der Waals surface area contributed by atoms with E-state index in [2.05, 4.69) is 5.32 Å². The Labute approximate surface area is 131 Å². The second-order valence-electron chi connectivity index (χ2n) is 4.62. The molecule has 1 amide bonds. The molecule has 0 saturated carbocycles. The van der Waals surface area contributed by atoms with E-state index in [1.807, 2.05) is 0 Å². The molecule has 3 N–H and O–H groups in total. The summed E-state index contributed by atoms with van der Waals surface area (Å²) < 4.78 is 51.4. The zero-order chi connectivity index (χ0) is 17.5. The number of amides is 1. The van der Waals surface area contributed by atoms with Crippen molar-refractivity contribution in [3.8, 4) is 11.5 Å². The first-order valence-corrected chi connectivity index (χ1v) is 6.69. The minimum atomic E-state index is -4.48. The first-order chi connectivity index (χ1) is 10.8. The number of rotatable bonds is 8. The highest BCUT2D eigenvalue weighted by Gasteiger charge is 2.29. The van der Waals surface area contributed by atoms with Gasteiger partial charge in [0.1, 0.15) is 0 Å². The summed E-state index contributed by atoms with van der Waals surface area (Å²) >= 11 is 0. The van der Waals surface area contributed by atoms with Gasteiger partial charge in [-0.25, -0.2) is 0 Å². The summed E-state index contributed by atoms with van der Waals surface area (Å²) in [6.07, 6.45) is -4.89. The number of ether oxygens (including phenoxy) is 3. The van der Waals surface area contributed by atoms with Crippen molar-refractivity contribution in [3.63, 3.8) is 0 Å². The lowest BCUT2D eigenvalue weighted by Crippen LogP contribution is -2.28. The molecule has 0 aromatic heterocycles. The molecule has 130 valence electrons. The highest BCUT2D eigenvalue weighted by atomic mass is 19.4. The number of nitrogens with one attached hydrogen (secondary N) is 1. The number of hydrogen-bond acceptors (Lipinski definition) is 5. The number of alkyl halides is 3. The van der Waals surface area contributed by atoms with Crippen molar-refractivity contribution in [2.24, 2.45) is 5.73 Å². The minimum absolute atomic E-state index is 0.0256. The van der Waals surface area contributed by atoms with Gasteiger partial charge >= 0.3 is 6.18 Å². The number of carbonyl (C=O) groups is 1. The summed E-state index contributed by atoms with van der Waals surface area (Å²) in [5, 5.41) is 2.54. The van der Waals surface area contributed by atoms with Gasteiger partial charge in [0.2, 0.25) is 5.91 Å². The SMILES string of the molecule is COc1ccc(NC(=O)CC(CN)OC)cc1OCC(F)(F)F. The van der Waals surface area contributed by atoms with Crippen molar-refractivity contribution in [1.29, 1.82) is 0 Å². The van der Waals surface area contributed by atoms with Crippen molar-refractivity contribution in [2.45, 2.75) is 18.7 Å². The lowest BCUT2D eigenvalue weighted by molar-refractivity contribution is -0.153. The van der Waals surface area contributed by atoms with E-state index in [1.165, 1.54) is 32.4 Å². The fourth-order valence-electron chi connectivity index (χ4n) is 1.71. The summed E-state index contributed by atoms with van der Waals surface area (Å²) in [4.78, 5) is 11.8. The fraction of sp³-hybridized carbons (Fsp3) is 0.500. The van der Waals surface area contributed by atoms with Crippen LogP contribution in [0.1, 0.15) is 6.42 Å². The summed E-state index contributed by atoms with van der Waals surface area (Å²) in [6.45, 7) is -1.29. The first kappa shape index (κ1) is 19.0. The molecule has 1 unspecified atom stereocenters. The zero-order valence-electron chi connectivity index (χ0n) is 12.8. The molecule has 0 fully saturated rings. The Hall–Kier alpha value is -2.00. The third-order valence-corrected chi connectivity index (χ3v) is 2.85. The lowest BCUT2D eigenvalue weighted by atomic mass is 10.2. The molecular formula is C14H19F3N2O4. The van der Waals surface area contributed by atoms with Crippen LogP contribution in [0.5, 0.6) is 11.5 Å². The van der Waals surface area contributed by atoms with Crippen LogP contribution >= 0.6 is 0 Å². The Morgan fingerprint density at radius 3 is 2.52 bits per heavy atom. The smallest absolute Gasteiger partial charge is 0.422 e. The average Bonchev–Trinajstić information content (AvgIpc) is 2.50. The number of anilines is 1. The van der Waals surface area contributed by atoms with E-state index in [9.17, 15) is 18.0 Å². The first-order valence-electron chi connectivity index (χ1n) is 6.69. The van der Waals surface area contributed by atoms with Crippen LogP contribution < -0.4 is 20.5 Å². The number of benzene rings is 1. The summed E-state index contributed by atoms with van der Waals surface area (Å²) in [5.74, 6) is -0.372. The molecule has 1 aromatic carbocycles. The summed E-state index contributed by atoms with van der Waals surface area (Å²) in [7, 11) is 2.74. The molecule has 1 atom stereocenters. The van der Waals surface area contributed by atoms with Crippen LogP contribution in [0.15, 0.2) is 18.2 Å². The van der Waals surface area contributed by atoms with E-state index < -0.39 is 18.9 Å². The standard InChI is InChI=1S/C14H19F3N2O4/c1-21-10(7-18)6-13(20)19-9-3-4-11(22-2)12(5-9)23-8-14(15,16)17/h3-5,10H,6-8,18H2,1-2H3,(H,19,20). The van der Waals surface area contributed by atoms with Crippen LogP contribution in [0.4, 0.5) is 18.9 Å². The van der Waals surface area contributed by atoms with Crippen LogP contribution in [0.3, 0.4) is 0 Å². The summed E-state index contributed by atoms with van der Waals surface area (Å²) in [5.41, 5.74) is 5.70. The molecule has 0 radical (unpaired) electrons. The minimum Gasteiger partial charge on any atom is -0.493 e. The molecule has 1 rings (SSSR count). The molecule has 0 aliphatic carbocycles. The van der Waals surface area contributed by atoms with E-state index in [-0.39, 0.29) is 36.1 Å². The summed E-state index contributed by atoms with van der Waals surface area (Å²) in [6, 6.07) is 4.15. The highest BCUT2D eigenvalue weighted by Crippen LogP contribution is 2.31. The van der Waals surface area contributed by atoms with Gasteiger partial charge in [-0.1, -0.05) is 0 Å². The maximum Gasteiger partial charge on any atom is 0.422 e. The molecule has 0 aliphatic rings. The second kappa shape index (κ2) is 8.59. The molecule has 0 saturated heterocycles. The molecule has 0 bridgehead atoms. The van der Waals surface area contributed by atoms with Gasteiger partial charge in [0.25, 0.3) is 0 Å². The number of methoxy groups -OCH3 is 2. The van der Waals surface area contributed by atoms with Gasteiger partial charge in [0, 0.05) is 25.4 Å². The van der Waals surface area contributed by atoms with Crippen molar-refractivity contribution < 1.29 is 32.2 Å². The average molecular weight is 336 g/mol. The Morgan fingerprint density at radius 1 is 1.30 bits per heavy atom. The van der Waals surface area contributed by atoms with Crippen LogP contribution in [-0.4, -0.2) is 45.6 Å². The van der Waals surface area contributed by atoms with Crippen LogP contribution in [0, 0.1) is 0 Å². The molecule has 0 spiro atoms. The maximum absolute atomic E-state index is 12.2. The Kier molecular flexibility index (Phi) is 7.11. The molecule has 23 heavy (non-hydrogen) atoms. The largest absolute Gasteiger partial charge is 0.493 e. The van der Waals surface area contributed by atoms with Gasteiger partial charge < -0.3 is 25.3 Å². The second-order valence-corrected chi connectivity index (χ2v) is 4.62. The van der Waals surface area contributed by atoms with Crippen molar-refractivity contribution >= 4 is 11.6 Å². The van der Waals surface area contributed by atoms with Crippen LogP contribution in [0.2, 0.25) is 0 Å². The topological polar surface area (TPSA) is 82.8 Å². The fourth-order valence-corrected chi connectivity index (χ4v) is 1.71. The van der Waals surface area contributed by atoms with Gasteiger partial charge in [-0.05, 0) is 12.1 Å². The predicted octanol–water partition coefficient (Wildman–Crippen LogP) is 1.94. The molecular weight excluding hydrogens is 317 g/mol. The highest BCUT2D eigenvalue weighted by molar-refractivity contribution is 5.91. The van der Waals surface area contributed by atoms with Gasteiger partial charge in [-0.15, -0.1) is 0 Å². The van der Waals surface area contributed by atoms with E-state index >= 15 is 0 Å². The Bertz CT molecular complexity index is 519. The molecule has 6 nitrogen and oxygen atoms in total. The van der Waals surface area contributed by atoms with E-state index in [4.69, 9.17) is 19.9 Å². The predicted molar refractivity (Wildman–Crippen MR) is 77.6 cm³/mol.